The first-order valence-corrected chi connectivity index (χ1v) is 8.34. The van der Waals surface area contributed by atoms with Gasteiger partial charge in [-0.2, -0.15) is 0 Å². The Hall–Kier alpha value is -2.08. The maximum Gasteiger partial charge on any atom is 0.347 e. The Balaban J connectivity index is 1.51. The summed E-state index contributed by atoms with van der Waals surface area (Å²) in [6, 6.07) is 6.74. The van der Waals surface area contributed by atoms with E-state index >= 15 is 0 Å². The number of ether oxygens (including phenoxy) is 2. The number of hydrogen-bond acceptors (Lipinski definition) is 5. The van der Waals surface area contributed by atoms with E-state index < -0.39 is 12.1 Å². The number of piperidine rings is 1. The Kier molecular flexibility index (Phi) is 5.04. The number of esters is 2. The van der Waals surface area contributed by atoms with E-state index in [1.807, 2.05) is 0 Å². The van der Waals surface area contributed by atoms with E-state index in [1.54, 1.807) is 29.2 Å². The minimum atomic E-state index is -0.772. The van der Waals surface area contributed by atoms with Crippen LogP contribution in [0.4, 0.5) is 0 Å². The highest BCUT2D eigenvalue weighted by Gasteiger charge is 2.34. The van der Waals surface area contributed by atoms with Crippen LogP contribution >= 0.6 is 11.6 Å². The van der Waals surface area contributed by atoms with Crippen molar-refractivity contribution >= 4 is 29.4 Å². The Labute approximate surface area is 144 Å². The monoisotopic (exact) mass is 351 g/mol. The lowest BCUT2D eigenvalue weighted by atomic mass is 9.96. The number of carbonyl (C=O) groups excluding carboxylic acids is 3. The summed E-state index contributed by atoms with van der Waals surface area (Å²) in [4.78, 5) is 37.6. The molecule has 2 heterocycles. The molecule has 0 radical (unpaired) electrons. The van der Waals surface area contributed by atoms with Crippen LogP contribution in [-0.4, -0.2) is 48.5 Å². The molecule has 128 valence electrons. The molecule has 2 aliphatic rings. The number of cyclic esters (lactones) is 1. The Morgan fingerprint density at radius 2 is 1.79 bits per heavy atom. The maximum absolute atomic E-state index is 12.4. The van der Waals surface area contributed by atoms with Crippen molar-refractivity contribution in [3.63, 3.8) is 0 Å². The number of carbonyl (C=O) groups is 3. The smallest absolute Gasteiger partial charge is 0.347 e. The van der Waals surface area contributed by atoms with Gasteiger partial charge in [0, 0.05) is 30.1 Å². The van der Waals surface area contributed by atoms with Gasteiger partial charge >= 0.3 is 11.9 Å². The lowest BCUT2D eigenvalue weighted by molar-refractivity contribution is -0.164. The van der Waals surface area contributed by atoms with Crippen LogP contribution in [0, 0.1) is 5.92 Å². The van der Waals surface area contributed by atoms with Gasteiger partial charge in [-0.15, -0.1) is 0 Å². The van der Waals surface area contributed by atoms with Crippen molar-refractivity contribution in [3.05, 3.63) is 34.9 Å². The highest BCUT2D eigenvalue weighted by atomic mass is 35.5. The first kappa shape index (κ1) is 16.8. The van der Waals surface area contributed by atoms with Gasteiger partial charge in [-0.05, 0) is 37.1 Å². The van der Waals surface area contributed by atoms with E-state index in [2.05, 4.69) is 0 Å². The molecule has 0 aliphatic carbocycles. The summed E-state index contributed by atoms with van der Waals surface area (Å²) in [6.45, 7) is 1.26. The first-order valence-electron chi connectivity index (χ1n) is 7.96. The van der Waals surface area contributed by atoms with Crippen molar-refractivity contribution in [3.8, 4) is 0 Å². The van der Waals surface area contributed by atoms with Crippen LogP contribution in [0.2, 0.25) is 5.02 Å². The van der Waals surface area contributed by atoms with Gasteiger partial charge in [0.05, 0.1) is 12.5 Å². The molecule has 0 bridgehead atoms. The van der Waals surface area contributed by atoms with Crippen LogP contribution in [0.5, 0.6) is 0 Å². The van der Waals surface area contributed by atoms with Crippen LogP contribution in [0.3, 0.4) is 0 Å². The summed E-state index contributed by atoms with van der Waals surface area (Å²) < 4.78 is 10.0. The molecule has 1 atom stereocenters. The quantitative estimate of drug-likeness (QED) is 0.779. The zero-order chi connectivity index (χ0) is 17.1. The second kappa shape index (κ2) is 7.21. The van der Waals surface area contributed by atoms with Gasteiger partial charge in [-0.3, -0.25) is 9.59 Å². The minimum Gasteiger partial charge on any atom is -0.463 e. The molecule has 6 nitrogen and oxygen atoms in total. The fraction of sp³-hybridized carbons (Fsp3) is 0.471. The van der Waals surface area contributed by atoms with Crippen LogP contribution in [0.1, 0.15) is 29.6 Å². The van der Waals surface area contributed by atoms with E-state index in [1.165, 1.54) is 0 Å². The summed E-state index contributed by atoms with van der Waals surface area (Å²) in [5, 5.41) is 0.582. The molecule has 0 aromatic heterocycles. The number of hydrogen-bond donors (Lipinski definition) is 0. The van der Waals surface area contributed by atoms with E-state index in [0.29, 0.717) is 49.5 Å². The number of nitrogens with zero attached hydrogens (tertiary/aromatic N) is 1. The summed E-state index contributed by atoms with van der Waals surface area (Å²) >= 11 is 5.83. The molecule has 0 N–H and O–H groups in total. The molecule has 0 spiro atoms. The van der Waals surface area contributed by atoms with Crippen LogP contribution in [-0.2, 0) is 19.1 Å². The van der Waals surface area contributed by atoms with Crippen molar-refractivity contribution in [1.82, 2.24) is 4.90 Å². The number of rotatable bonds is 3. The number of amides is 1. The van der Waals surface area contributed by atoms with Gasteiger partial charge in [-0.25, -0.2) is 4.79 Å². The van der Waals surface area contributed by atoms with Gasteiger partial charge in [0.1, 0.15) is 0 Å². The van der Waals surface area contributed by atoms with Gasteiger partial charge in [0.15, 0.2) is 0 Å². The van der Waals surface area contributed by atoms with E-state index in [4.69, 9.17) is 21.1 Å². The molecule has 2 aliphatic heterocycles. The fourth-order valence-electron chi connectivity index (χ4n) is 2.91. The average Bonchev–Trinajstić information content (AvgIpc) is 3.00. The predicted octanol–water partition coefficient (Wildman–Crippen LogP) is 2.05. The van der Waals surface area contributed by atoms with Gasteiger partial charge in [-0.1, -0.05) is 11.6 Å². The molecule has 1 aromatic carbocycles. The number of likely N-dealkylation sites (tertiary alicyclic amines) is 1. The second-order valence-corrected chi connectivity index (χ2v) is 6.39. The topological polar surface area (TPSA) is 72.9 Å². The molecule has 2 saturated heterocycles. The molecule has 0 saturated carbocycles. The Morgan fingerprint density at radius 3 is 2.38 bits per heavy atom. The van der Waals surface area contributed by atoms with Crippen LogP contribution < -0.4 is 0 Å². The molecule has 3 rings (SSSR count). The Morgan fingerprint density at radius 1 is 1.12 bits per heavy atom. The molecule has 24 heavy (non-hydrogen) atoms. The Bertz CT molecular complexity index is 637. The zero-order valence-electron chi connectivity index (χ0n) is 13.1. The zero-order valence-corrected chi connectivity index (χ0v) is 13.8. The van der Waals surface area contributed by atoms with Crippen molar-refractivity contribution in [1.29, 1.82) is 0 Å². The van der Waals surface area contributed by atoms with Crippen molar-refractivity contribution < 1.29 is 23.9 Å². The van der Waals surface area contributed by atoms with Gasteiger partial charge in [0.25, 0.3) is 5.91 Å². The van der Waals surface area contributed by atoms with Crippen LogP contribution in [0.15, 0.2) is 24.3 Å². The third-order valence-electron chi connectivity index (χ3n) is 4.35. The third-order valence-corrected chi connectivity index (χ3v) is 4.60. The van der Waals surface area contributed by atoms with Crippen molar-refractivity contribution in [2.24, 2.45) is 5.92 Å². The van der Waals surface area contributed by atoms with Gasteiger partial charge in [0.2, 0.25) is 6.10 Å². The summed E-state index contributed by atoms with van der Waals surface area (Å²) in [6.07, 6.45) is 0.699. The molecule has 1 amide bonds. The van der Waals surface area contributed by atoms with E-state index in [9.17, 15) is 14.4 Å². The maximum atomic E-state index is 12.4. The molecule has 1 aromatic rings. The highest BCUT2D eigenvalue weighted by molar-refractivity contribution is 6.30. The lowest BCUT2D eigenvalue weighted by Gasteiger charge is -2.31. The largest absolute Gasteiger partial charge is 0.463 e. The van der Waals surface area contributed by atoms with Crippen molar-refractivity contribution in [2.75, 3.05) is 19.7 Å². The van der Waals surface area contributed by atoms with E-state index in [-0.39, 0.29) is 17.8 Å². The second-order valence-electron chi connectivity index (χ2n) is 5.96. The fourth-order valence-corrected chi connectivity index (χ4v) is 3.04. The van der Waals surface area contributed by atoms with E-state index in [0.717, 1.165) is 0 Å². The SMILES string of the molecule is O=C(O[C@H]1CCOC1=O)C1CCN(C(=O)c2ccc(Cl)cc2)CC1. The molecule has 2 fully saturated rings. The summed E-state index contributed by atoms with van der Waals surface area (Å²) in [5.74, 6) is -1.21. The highest BCUT2D eigenvalue weighted by Crippen LogP contribution is 2.23. The minimum absolute atomic E-state index is 0.0714. The molecule has 7 heteroatoms. The van der Waals surface area contributed by atoms with Crippen molar-refractivity contribution in [2.45, 2.75) is 25.4 Å². The predicted molar refractivity (Wildman–Crippen MR) is 85.5 cm³/mol. The lowest BCUT2D eigenvalue weighted by Crippen LogP contribution is -2.41. The average molecular weight is 352 g/mol. The third kappa shape index (κ3) is 3.70. The van der Waals surface area contributed by atoms with Crippen LogP contribution in [0.25, 0.3) is 0 Å². The number of benzene rings is 1. The molecular formula is C17H18ClNO5. The summed E-state index contributed by atoms with van der Waals surface area (Å²) in [5.41, 5.74) is 0.578. The summed E-state index contributed by atoms with van der Waals surface area (Å²) in [7, 11) is 0. The van der Waals surface area contributed by atoms with Gasteiger partial charge < -0.3 is 14.4 Å². The number of halogens is 1. The molecule has 0 unspecified atom stereocenters. The standard InChI is InChI=1S/C17H18ClNO5/c18-13-3-1-11(2-4-13)15(20)19-8-5-12(6-9-19)16(21)24-14-7-10-23-17(14)22/h1-4,12,14H,5-10H2/t14-/m0/s1. The normalized spacial score (nSPS) is 21.5. The first-order chi connectivity index (χ1) is 11.5. The molecular weight excluding hydrogens is 334 g/mol.